The van der Waals surface area contributed by atoms with Crippen molar-refractivity contribution in [2.24, 2.45) is 5.92 Å². The summed E-state index contributed by atoms with van der Waals surface area (Å²) in [4.78, 5) is 22.6. The van der Waals surface area contributed by atoms with Crippen LogP contribution in [0.3, 0.4) is 0 Å². The zero-order valence-corrected chi connectivity index (χ0v) is 11.6. The summed E-state index contributed by atoms with van der Waals surface area (Å²) < 4.78 is 5.01. The monoisotopic (exact) mass is 281 g/mol. The summed E-state index contributed by atoms with van der Waals surface area (Å²) in [5.41, 5.74) is 1.63. The van der Waals surface area contributed by atoms with Crippen LogP contribution in [0.4, 0.5) is 4.79 Å². The SMILES string of the molecule is Cc1noc(C)c1CNC(=O)N[C@H]1CC[C@@H](C(=O)O)C1. The molecule has 1 saturated carbocycles. The molecule has 7 nitrogen and oxygen atoms in total. The Morgan fingerprint density at radius 3 is 2.70 bits per heavy atom. The Morgan fingerprint density at radius 1 is 1.40 bits per heavy atom. The number of hydrogen-bond acceptors (Lipinski definition) is 4. The highest BCUT2D eigenvalue weighted by Crippen LogP contribution is 2.25. The molecule has 110 valence electrons. The van der Waals surface area contributed by atoms with Gasteiger partial charge < -0.3 is 20.3 Å². The summed E-state index contributed by atoms with van der Waals surface area (Å²) in [7, 11) is 0. The van der Waals surface area contributed by atoms with Crippen molar-refractivity contribution in [3.05, 3.63) is 17.0 Å². The Kier molecular flexibility index (Phi) is 4.26. The molecular formula is C13H19N3O4. The normalized spacial score (nSPS) is 21.7. The van der Waals surface area contributed by atoms with Crippen LogP contribution in [0.15, 0.2) is 4.52 Å². The van der Waals surface area contributed by atoms with E-state index in [0.29, 0.717) is 31.6 Å². The molecule has 2 atom stereocenters. The maximum atomic E-state index is 11.8. The van der Waals surface area contributed by atoms with Gasteiger partial charge in [-0.25, -0.2) is 4.79 Å². The average molecular weight is 281 g/mol. The van der Waals surface area contributed by atoms with Gasteiger partial charge in [0.1, 0.15) is 5.76 Å². The van der Waals surface area contributed by atoms with E-state index in [1.54, 1.807) is 6.92 Å². The average Bonchev–Trinajstić information content (AvgIpc) is 2.96. The van der Waals surface area contributed by atoms with Crippen molar-refractivity contribution >= 4 is 12.0 Å². The first-order valence-electron chi connectivity index (χ1n) is 6.66. The summed E-state index contributed by atoms with van der Waals surface area (Å²) in [6.45, 7) is 3.96. The van der Waals surface area contributed by atoms with Gasteiger partial charge in [-0.05, 0) is 33.1 Å². The third-order valence-corrected chi connectivity index (χ3v) is 3.72. The lowest BCUT2D eigenvalue weighted by molar-refractivity contribution is -0.141. The Hall–Kier alpha value is -2.05. The van der Waals surface area contributed by atoms with Crippen LogP contribution in [-0.2, 0) is 11.3 Å². The first kappa shape index (κ1) is 14.4. The number of carboxylic acid groups (broad SMARTS) is 1. The van der Waals surface area contributed by atoms with Gasteiger partial charge in [0.05, 0.1) is 11.6 Å². The lowest BCUT2D eigenvalue weighted by Gasteiger charge is -2.13. The van der Waals surface area contributed by atoms with Gasteiger partial charge in [0.25, 0.3) is 0 Å². The smallest absolute Gasteiger partial charge is 0.315 e. The molecule has 3 N–H and O–H groups in total. The topological polar surface area (TPSA) is 104 Å². The molecule has 1 heterocycles. The third kappa shape index (κ3) is 3.28. The summed E-state index contributed by atoms with van der Waals surface area (Å²) >= 11 is 0. The van der Waals surface area contributed by atoms with Crippen molar-refractivity contribution < 1.29 is 19.2 Å². The fourth-order valence-electron chi connectivity index (χ4n) is 2.50. The highest BCUT2D eigenvalue weighted by Gasteiger charge is 2.30. The van der Waals surface area contributed by atoms with E-state index in [9.17, 15) is 9.59 Å². The lowest BCUT2D eigenvalue weighted by Crippen LogP contribution is -2.41. The van der Waals surface area contributed by atoms with Crippen LogP contribution in [0.2, 0.25) is 0 Å². The van der Waals surface area contributed by atoms with Crippen LogP contribution in [0.25, 0.3) is 0 Å². The van der Waals surface area contributed by atoms with E-state index in [0.717, 1.165) is 11.3 Å². The summed E-state index contributed by atoms with van der Waals surface area (Å²) in [5.74, 6) is -0.442. The van der Waals surface area contributed by atoms with Crippen LogP contribution in [0, 0.1) is 19.8 Å². The standard InChI is InChI=1S/C13H19N3O4/c1-7-11(8(2)20-16-7)6-14-13(19)15-10-4-3-9(5-10)12(17)18/h9-10H,3-6H2,1-2H3,(H,17,18)(H2,14,15,19)/t9-,10+/m1/s1. The molecule has 0 spiro atoms. The van der Waals surface area contributed by atoms with Gasteiger partial charge in [0.2, 0.25) is 0 Å². The second-order valence-corrected chi connectivity index (χ2v) is 5.17. The van der Waals surface area contributed by atoms with E-state index in [4.69, 9.17) is 9.63 Å². The largest absolute Gasteiger partial charge is 0.481 e. The van der Waals surface area contributed by atoms with Crippen molar-refractivity contribution in [2.45, 2.75) is 45.7 Å². The zero-order chi connectivity index (χ0) is 14.7. The lowest BCUT2D eigenvalue weighted by atomic mass is 10.1. The third-order valence-electron chi connectivity index (χ3n) is 3.72. The highest BCUT2D eigenvalue weighted by molar-refractivity contribution is 5.75. The van der Waals surface area contributed by atoms with Crippen LogP contribution < -0.4 is 10.6 Å². The number of carboxylic acids is 1. The second-order valence-electron chi connectivity index (χ2n) is 5.17. The van der Waals surface area contributed by atoms with Gasteiger partial charge in [-0.3, -0.25) is 4.79 Å². The molecule has 0 aliphatic heterocycles. The first-order chi connectivity index (χ1) is 9.47. The molecule has 1 aliphatic rings. The molecule has 0 radical (unpaired) electrons. The molecule has 2 amide bonds. The number of rotatable bonds is 4. The number of aliphatic carboxylic acids is 1. The molecule has 2 rings (SSSR count). The summed E-state index contributed by atoms with van der Waals surface area (Å²) in [6.07, 6.45) is 1.81. The Balaban J connectivity index is 1.78. The molecule has 1 aromatic rings. The minimum Gasteiger partial charge on any atom is -0.481 e. The van der Waals surface area contributed by atoms with Crippen molar-refractivity contribution in [3.8, 4) is 0 Å². The number of aryl methyl sites for hydroxylation is 2. The van der Waals surface area contributed by atoms with Crippen molar-refractivity contribution in [2.75, 3.05) is 0 Å². The van der Waals surface area contributed by atoms with Gasteiger partial charge in [-0.2, -0.15) is 0 Å². The Bertz CT molecular complexity index is 492. The van der Waals surface area contributed by atoms with Crippen molar-refractivity contribution in [1.82, 2.24) is 15.8 Å². The van der Waals surface area contributed by atoms with Gasteiger partial charge in [0.15, 0.2) is 0 Å². The van der Waals surface area contributed by atoms with Gasteiger partial charge in [0, 0.05) is 18.2 Å². The molecule has 0 aromatic carbocycles. The van der Waals surface area contributed by atoms with Gasteiger partial charge in [-0.15, -0.1) is 0 Å². The highest BCUT2D eigenvalue weighted by atomic mass is 16.5. The van der Waals surface area contributed by atoms with Crippen molar-refractivity contribution in [1.29, 1.82) is 0 Å². The quantitative estimate of drug-likeness (QED) is 0.772. The number of aromatic nitrogens is 1. The molecule has 1 aromatic heterocycles. The maximum absolute atomic E-state index is 11.8. The van der Waals surface area contributed by atoms with Crippen LogP contribution in [0.5, 0.6) is 0 Å². The van der Waals surface area contributed by atoms with Crippen LogP contribution >= 0.6 is 0 Å². The molecule has 7 heteroatoms. The van der Waals surface area contributed by atoms with E-state index >= 15 is 0 Å². The minimum atomic E-state index is -0.787. The number of hydrogen-bond donors (Lipinski definition) is 3. The Labute approximate surface area is 116 Å². The molecular weight excluding hydrogens is 262 g/mol. The number of nitrogens with one attached hydrogen (secondary N) is 2. The summed E-state index contributed by atoms with van der Waals surface area (Å²) in [6, 6.07) is -0.359. The molecule has 1 aliphatic carbocycles. The number of nitrogens with zero attached hydrogens (tertiary/aromatic N) is 1. The Morgan fingerprint density at radius 2 is 2.15 bits per heavy atom. The molecule has 0 unspecified atom stereocenters. The van der Waals surface area contributed by atoms with Crippen molar-refractivity contribution in [3.63, 3.8) is 0 Å². The molecule has 20 heavy (non-hydrogen) atoms. The van der Waals surface area contributed by atoms with E-state index < -0.39 is 5.97 Å². The minimum absolute atomic E-state index is 0.0687. The van der Waals surface area contributed by atoms with E-state index in [2.05, 4.69) is 15.8 Å². The van der Waals surface area contributed by atoms with Crippen LogP contribution in [-0.4, -0.2) is 28.3 Å². The molecule has 0 bridgehead atoms. The predicted molar refractivity (Wildman–Crippen MR) is 70.1 cm³/mol. The van der Waals surface area contributed by atoms with E-state index in [-0.39, 0.29) is 18.0 Å². The van der Waals surface area contributed by atoms with Crippen LogP contribution in [0.1, 0.15) is 36.3 Å². The second kappa shape index (κ2) is 5.94. The van der Waals surface area contributed by atoms with E-state index in [1.165, 1.54) is 0 Å². The molecule has 0 saturated heterocycles. The fourth-order valence-corrected chi connectivity index (χ4v) is 2.50. The number of carbonyl (C=O) groups excluding carboxylic acids is 1. The number of amides is 2. The van der Waals surface area contributed by atoms with Gasteiger partial charge >= 0.3 is 12.0 Å². The first-order valence-corrected chi connectivity index (χ1v) is 6.66. The molecule has 1 fully saturated rings. The van der Waals surface area contributed by atoms with E-state index in [1.807, 2.05) is 6.92 Å². The number of carbonyl (C=O) groups is 2. The van der Waals surface area contributed by atoms with Gasteiger partial charge in [-0.1, -0.05) is 5.16 Å². The predicted octanol–water partition coefficient (Wildman–Crippen LogP) is 1.34. The maximum Gasteiger partial charge on any atom is 0.315 e. The zero-order valence-electron chi connectivity index (χ0n) is 11.6. The number of urea groups is 1. The summed E-state index contributed by atoms with van der Waals surface area (Å²) in [5, 5.41) is 18.3. The fraction of sp³-hybridized carbons (Fsp3) is 0.615.